The summed E-state index contributed by atoms with van der Waals surface area (Å²) in [6.45, 7) is 6.79. The number of hydrogen-bond acceptors (Lipinski definition) is 4. The molecule has 0 atom stereocenters. The lowest BCUT2D eigenvalue weighted by Gasteiger charge is -2.42. The minimum Gasteiger partial charge on any atom is -0.467 e. The SMILES string of the molecule is CCC(C)(C)C1CCC2(CC1)NC(=O)N(CC(=O)N(C)Cc1ccco1)C2=O. The van der Waals surface area contributed by atoms with Gasteiger partial charge >= 0.3 is 6.03 Å². The molecule has 1 saturated heterocycles. The number of likely N-dealkylation sites (N-methyl/N-ethyl adjacent to an activating group) is 1. The highest BCUT2D eigenvalue weighted by Crippen LogP contribution is 2.45. The van der Waals surface area contributed by atoms with E-state index >= 15 is 0 Å². The van der Waals surface area contributed by atoms with Crippen molar-refractivity contribution in [3.8, 4) is 0 Å². The number of hydrogen-bond donors (Lipinski definition) is 1. The van der Waals surface area contributed by atoms with Crippen molar-refractivity contribution in [2.24, 2.45) is 11.3 Å². The molecule has 0 aromatic carbocycles. The van der Waals surface area contributed by atoms with Crippen LogP contribution in [-0.2, 0) is 16.1 Å². The maximum Gasteiger partial charge on any atom is 0.325 e. The Morgan fingerprint density at radius 1 is 1.36 bits per heavy atom. The minimum absolute atomic E-state index is 0.234. The van der Waals surface area contributed by atoms with Crippen molar-refractivity contribution < 1.29 is 18.8 Å². The number of carbonyl (C=O) groups is 3. The van der Waals surface area contributed by atoms with Crippen molar-refractivity contribution >= 4 is 17.8 Å². The molecule has 2 aliphatic rings. The van der Waals surface area contributed by atoms with E-state index in [0.717, 1.165) is 24.2 Å². The monoisotopic (exact) mass is 389 g/mol. The summed E-state index contributed by atoms with van der Waals surface area (Å²) < 4.78 is 5.25. The molecular weight excluding hydrogens is 358 g/mol. The third-order valence-electron chi connectivity index (χ3n) is 6.79. The van der Waals surface area contributed by atoms with Crippen LogP contribution in [0.1, 0.15) is 58.6 Å². The molecule has 1 N–H and O–H groups in total. The molecule has 1 saturated carbocycles. The van der Waals surface area contributed by atoms with Crippen molar-refractivity contribution in [3.63, 3.8) is 0 Å². The molecule has 1 aliphatic heterocycles. The van der Waals surface area contributed by atoms with E-state index in [0.29, 0.717) is 31.1 Å². The van der Waals surface area contributed by atoms with Crippen LogP contribution in [0.5, 0.6) is 0 Å². The lowest BCUT2D eigenvalue weighted by Crippen LogP contribution is -2.51. The zero-order valence-electron chi connectivity index (χ0n) is 17.3. The number of carbonyl (C=O) groups excluding carboxylic acids is 3. The molecule has 7 heteroatoms. The van der Waals surface area contributed by atoms with Crippen LogP contribution in [0.4, 0.5) is 4.79 Å². The average Bonchev–Trinajstić information content (AvgIpc) is 3.25. The lowest BCUT2D eigenvalue weighted by molar-refractivity contribution is -0.139. The molecule has 0 radical (unpaired) electrons. The fourth-order valence-electron chi connectivity index (χ4n) is 4.32. The quantitative estimate of drug-likeness (QED) is 0.758. The van der Waals surface area contributed by atoms with Crippen LogP contribution in [-0.4, -0.2) is 46.8 Å². The van der Waals surface area contributed by atoms with Gasteiger partial charge in [-0.25, -0.2) is 4.79 Å². The number of furan rings is 1. The summed E-state index contributed by atoms with van der Waals surface area (Å²) in [6.07, 6.45) is 5.73. The molecule has 1 aromatic heterocycles. The predicted molar refractivity (Wildman–Crippen MR) is 104 cm³/mol. The first kappa shape index (κ1) is 20.4. The van der Waals surface area contributed by atoms with Gasteiger partial charge in [0.1, 0.15) is 17.8 Å². The second kappa shape index (κ2) is 7.60. The number of amides is 4. The van der Waals surface area contributed by atoms with Gasteiger partial charge in [0.25, 0.3) is 5.91 Å². The lowest BCUT2D eigenvalue weighted by atomic mass is 9.65. The zero-order valence-corrected chi connectivity index (χ0v) is 17.3. The summed E-state index contributed by atoms with van der Waals surface area (Å²) in [4.78, 5) is 40.6. The van der Waals surface area contributed by atoms with Gasteiger partial charge in [0.2, 0.25) is 5.91 Å². The zero-order chi connectivity index (χ0) is 20.5. The molecule has 1 spiro atoms. The highest BCUT2D eigenvalue weighted by molar-refractivity contribution is 6.09. The standard InChI is InChI=1S/C21H31N3O4/c1-5-20(2,3)15-8-10-21(11-9-15)18(26)24(19(27)22-21)14-17(25)23(4)13-16-7-6-12-28-16/h6-7,12,15H,5,8-11,13-14H2,1-4H3,(H,22,27). The Kier molecular flexibility index (Phi) is 5.55. The number of nitrogens with one attached hydrogen (secondary N) is 1. The molecule has 7 nitrogen and oxygen atoms in total. The van der Waals surface area contributed by atoms with E-state index in [1.165, 1.54) is 4.90 Å². The van der Waals surface area contributed by atoms with E-state index in [9.17, 15) is 14.4 Å². The number of urea groups is 1. The van der Waals surface area contributed by atoms with Crippen molar-refractivity contribution in [1.29, 1.82) is 0 Å². The van der Waals surface area contributed by atoms with Crippen molar-refractivity contribution in [2.75, 3.05) is 13.6 Å². The van der Waals surface area contributed by atoms with Gasteiger partial charge in [0.15, 0.2) is 0 Å². The summed E-state index contributed by atoms with van der Waals surface area (Å²) in [5, 5.41) is 2.90. The molecular formula is C21H31N3O4. The Morgan fingerprint density at radius 3 is 2.61 bits per heavy atom. The third kappa shape index (κ3) is 3.80. The molecule has 154 valence electrons. The van der Waals surface area contributed by atoms with Crippen LogP contribution in [0.2, 0.25) is 0 Å². The normalized spacial score (nSPS) is 25.3. The van der Waals surface area contributed by atoms with Gasteiger partial charge in [-0.15, -0.1) is 0 Å². The summed E-state index contributed by atoms with van der Waals surface area (Å²) in [5.41, 5.74) is -0.602. The van der Waals surface area contributed by atoms with Crippen LogP contribution >= 0.6 is 0 Å². The molecule has 1 aliphatic carbocycles. The molecule has 3 rings (SSSR count). The molecule has 0 bridgehead atoms. The first-order valence-electron chi connectivity index (χ1n) is 10.1. The van der Waals surface area contributed by atoms with E-state index in [-0.39, 0.29) is 23.8 Å². The van der Waals surface area contributed by atoms with Gasteiger partial charge in [-0.05, 0) is 49.1 Å². The summed E-state index contributed by atoms with van der Waals surface area (Å²) in [6, 6.07) is 3.08. The summed E-state index contributed by atoms with van der Waals surface area (Å²) in [7, 11) is 1.64. The topological polar surface area (TPSA) is 82.9 Å². The Bertz CT molecular complexity index is 733. The van der Waals surface area contributed by atoms with Gasteiger partial charge < -0.3 is 14.6 Å². The molecule has 2 heterocycles. The fourth-order valence-corrected chi connectivity index (χ4v) is 4.32. The Balaban J connectivity index is 1.61. The Labute approximate surface area is 166 Å². The smallest absolute Gasteiger partial charge is 0.325 e. The van der Waals surface area contributed by atoms with Crippen molar-refractivity contribution in [2.45, 2.75) is 65.0 Å². The summed E-state index contributed by atoms with van der Waals surface area (Å²) in [5.74, 6) is 0.645. The van der Waals surface area contributed by atoms with E-state index in [2.05, 4.69) is 26.1 Å². The van der Waals surface area contributed by atoms with E-state index in [1.807, 2.05) is 0 Å². The van der Waals surface area contributed by atoms with Crippen LogP contribution in [0, 0.1) is 11.3 Å². The highest BCUT2D eigenvalue weighted by atomic mass is 16.3. The Hall–Kier alpha value is -2.31. The molecule has 2 fully saturated rings. The van der Waals surface area contributed by atoms with Crippen molar-refractivity contribution in [3.05, 3.63) is 24.2 Å². The van der Waals surface area contributed by atoms with Crippen molar-refractivity contribution in [1.82, 2.24) is 15.1 Å². The second-order valence-electron chi connectivity index (χ2n) is 8.85. The second-order valence-corrected chi connectivity index (χ2v) is 8.85. The van der Waals surface area contributed by atoms with Gasteiger partial charge in [-0.3, -0.25) is 14.5 Å². The van der Waals surface area contributed by atoms with Gasteiger partial charge in [0, 0.05) is 7.05 Å². The van der Waals surface area contributed by atoms with E-state index in [4.69, 9.17) is 4.42 Å². The summed E-state index contributed by atoms with van der Waals surface area (Å²) >= 11 is 0. The molecule has 28 heavy (non-hydrogen) atoms. The van der Waals surface area contributed by atoms with Gasteiger partial charge in [-0.2, -0.15) is 0 Å². The largest absolute Gasteiger partial charge is 0.467 e. The molecule has 1 aromatic rings. The maximum atomic E-state index is 13.0. The number of rotatable bonds is 6. The average molecular weight is 389 g/mol. The Morgan fingerprint density at radius 2 is 2.04 bits per heavy atom. The predicted octanol–water partition coefficient (Wildman–Crippen LogP) is 3.16. The van der Waals surface area contributed by atoms with E-state index in [1.54, 1.807) is 25.4 Å². The highest BCUT2D eigenvalue weighted by Gasteiger charge is 2.53. The van der Waals surface area contributed by atoms with Crippen LogP contribution in [0.3, 0.4) is 0 Å². The number of nitrogens with zero attached hydrogens (tertiary/aromatic N) is 2. The van der Waals surface area contributed by atoms with Crippen LogP contribution in [0.25, 0.3) is 0 Å². The van der Waals surface area contributed by atoms with Gasteiger partial charge in [-0.1, -0.05) is 27.2 Å². The molecule has 4 amide bonds. The third-order valence-corrected chi connectivity index (χ3v) is 6.79. The maximum absolute atomic E-state index is 13.0. The van der Waals surface area contributed by atoms with Crippen LogP contribution < -0.4 is 5.32 Å². The molecule has 0 unspecified atom stereocenters. The van der Waals surface area contributed by atoms with Gasteiger partial charge in [0.05, 0.1) is 12.8 Å². The number of imide groups is 1. The first-order chi connectivity index (χ1) is 13.2. The minimum atomic E-state index is -0.836. The van der Waals surface area contributed by atoms with Crippen LogP contribution in [0.15, 0.2) is 22.8 Å². The van der Waals surface area contributed by atoms with E-state index < -0.39 is 11.6 Å². The first-order valence-corrected chi connectivity index (χ1v) is 10.1. The fraction of sp³-hybridized carbons (Fsp3) is 0.667.